The number of ether oxygens (including phenoxy) is 2. The highest BCUT2D eigenvalue weighted by Crippen LogP contribution is 2.43. The Labute approximate surface area is 400 Å². The van der Waals surface area contributed by atoms with Crippen LogP contribution in [0, 0.1) is 0 Å². The van der Waals surface area contributed by atoms with E-state index in [1.807, 2.05) is 0 Å². The van der Waals surface area contributed by atoms with Gasteiger partial charge in [0.2, 0.25) is 0 Å². The van der Waals surface area contributed by atoms with Crippen LogP contribution >= 0.6 is 7.82 Å². The fourth-order valence-corrected chi connectivity index (χ4v) is 8.49. The van der Waals surface area contributed by atoms with E-state index >= 15 is 0 Å². The topological polar surface area (TPSA) is 132 Å². The third-order valence-corrected chi connectivity index (χ3v) is 12.7. The van der Waals surface area contributed by atoms with Gasteiger partial charge < -0.3 is 24.6 Å². The lowest BCUT2D eigenvalue weighted by Crippen LogP contribution is -2.29. The normalized spacial score (nSPS) is 14.1. The van der Waals surface area contributed by atoms with Crippen LogP contribution in [0.2, 0.25) is 0 Å². The molecule has 0 aliphatic rings. The first kappa shape index (κ1) is 63.4. The van der Waals surface area contributed by atoms with Crippen molar-refractivity contribution in [2.75, 3.05) is 33.0 Å². The van der Waals surface area contributed by atoms with Crippen molar-refractivity contribution in [2.45, 2.75) is 264 Å². The van der Waals surface area contributed by atoms with E-state index in [0.29, 0.717) is 6.61 Å². The summed E-state index contributed by atoms with van der Waals surface area (Å²) < 4.78 is 33.6. The Hall–Kier alpha value is -1.58. The summed E-state index contributed by atoms with van der Waals surface area (Å²) in [6.07, 6.45) is 60.8. The Kier molecular flexibility index (Phi) is 50.5. The van der Waals surface area contributed by atoms with E-state index in [2.05, 4.69) is 62.5 Å². The molecule has 0 rings (SSSR count). The zero-order valence-electron chi connectivity index (χ0n) is 42.2. The third-order valence-electron chi connectivity index (χ3n) is 11.8. The smallest absolute Gasteiger partial charge is 0.457 e. The summed E-state index contributed by atoms with van der Waals surface area (Å²) in [5, 5.41) is 18.4. The van der Waals surface area contributed by atoms with Gasteiger partial charge in [-0.05, 0) is 51.4 Å². The van der Waals surface area contributed by atoms with Crippen molar-refractivity contribution in [1.29, 1.82) is 0 Å². The molecule has 0 aliphatic carbocycles. The molecule has 9 nitrogen and oxygen atoms in total. The molecular weight excluding hydrogens is 836 g/mol. The molecule has 0 amide bonds. The first-order valence-electron chi connectivity index (χ1n) is 27.1. The van der Waals surface area contributed by atoms with Crippen LogP contribution < -0.4 is 0 Å². The van der Waals surface area contributed by atoms with E-state index in [1.54, 1.807) is 0 Å². The molecule has 0 saturated heterocycles. The quantitative estimate of drug-likeness (QED) is 0.0236. The number of phosphoric ester groups is 1. The minimum absolute atomic E-state index is 0.0502. The highest BCUT2D eigenvalue weighted by molar-refractivity contribution is 7.47. The number of phosphoric acid groups is 1. The molecule has 0 spiro atoms. The summed E-state index contributed by atoms with van der Waals surface area (Å²) in [6.45, 7) is 3.46. The summed E-state index contributed by atoms with van der Waals surface area (Å²) in [6, 6.07) is 0. The van der Waals surface area contributed by atoms with Crippen molar-refractivity contribution in [3.8, 4) is 0 Å². The number of rotatable bonds is 52. The van der Waals surface area contributed by atoms with Crippen LogP contribution in [-0.2, 0) is 27.9 Å². The van der Waals surface area contributed by atoms with Crippen molar-refractivity contribution in [3.63, 3.8) is 0 Å². The van der Waals surface area contributed by atoms with Crippen molar-refractivity contribution < 1.29 is 43.0 Å². The maximum Gasteiger partial charge on any atom is 0.472 e. The van der Waals surface area contributed by atoms with Gasteiger partial charge in [-0.3, -0.25) is 13.8 Å². The van der Waals surface area contributed by atoms with Crippen molar-refractivity contribution in [2.24, 2.45) is 0 Å². The molecule has 0 aromatic heterocycles. The van der Waals surface area contributed by atoms with Gasteiger partial charge in [0.1, 0.15) is 12.2 Å². The molecule has 0 heterocycles. The lowest BCUT2D eigenvalue weighted by atomic mass is 10.0. The van der Waals surface area contributed by atoms with Gasteiger partial charge >= 0.3 is 13.8 Å². The number of aliphatic hydroxyl groups is 2. The monoisotopic (exact) mass is 939 g/mol. The molecule has 0 saturated carbocycles. The maximum absolute atomic E-state index is 12.7. The maximum atomic E-state index is 12.7. The Bertz CT molecular complexity index is 1160. The second-order valence-corrected chi connectivity index (χ2v) is 19.7. The van der Waals surface area contributed by atoms with Crippen molar-refractivity contribution >= 4 is 13.8 Å². The SMILES string of the molecule is CC/C=C\C/C=C\C/C=C\C/C=C\CCCCCCCCCCCCC(=O)OC(COCCCCCCCCCCCCCCCCCCCCCCC)COP(=O)(O)OCC(O)CO. The number of hydrogen-bond acceptors (Lipinski definition) is 8. The zero-order valence-corrected chi connectivity index (χ0v) is 43.1. The lowest BCUT2D eigenvalue weighted by Gasteiger charge is -2.20. The number of carbonyl (C=O) groups excluding carboxylic acids is 1. The number of aliphatic hydroxyl groups excluding tert-OH is 2. The number of carbonyl (C=O) groups is 1. The minimum atomic E-state index is -4.53. The molecule has 0 aromatic rings. The van der Waals surface area contributed by atoms with Crippen molar-refractivity contribution in [1.82, 2.24) is 0 Å². The molecule has 3 unspecified atom stereocenters. The van der Waals surface area contributed by atoms with E-state index in [4.69, 9.17) is 23.6 Å². The van der Waals surface area contributed by atoms with Crippen LogP contribution in [0.15, 0.2) is 48.6 Å². The van der Waals surface area contributed by atoms with Gasteiger partial charge in [0.25, 0.3) is 0 Å². The second-order valence-electron chi connectivity index (χ2n) is 18.2. The van der Waals surface area contributed by atoms with Gasteiger partial charge in [-0.2, -0.15) is 0 Å². The molecule has 0 radical (unpaired) electrons. The average Bonchev–Trinajstić information content (AvgIpc) is 3.30. The Morgan fingerprint density at radius 3 is 1.32 bits per heavy atom. The summed E-state index contributed by atoms with van der Waals surface area (Å²) >= 11 is 0. The highest BCUT2D eigenvalue weighted by atomic mass is 31.2. The van der Waals surface area contributed by atoms with E-state index < -0.39 is 33.2 Å². The zero-order chi connectivity index (χ0) is 47.4. The van der Waals surface area contributed by atoms with E-state index in [9.17, 15) is 19.4 Å². The van der Waals surface area contributed by atoms with Gasteiger partial charge in [-0.1, -0.05) is 242 Å². The predicted molar refractivity (Wildman–Crippen MR) is 274 cm³/mol. The molecular formula is C55H103O9P. The Morgan fingerprint density at radius 2 is 0.877 bits per heavy atom. The summed E-state index contributed by atoms with van der Waals surface area (Å²) in [5.41, 5.74) is 0. The molecule has 3 N–H and O–H groups in total. The van der Waals surface area contributed by atoms with Crippen LogP contribution in [0.25, 0.3) is 0 Å². The standard InChI is InChI=1S/C55H103O9P/c1-3-5-7-9-11-13-15-17-19-21-23-25-26-27-29-31-33-35-37-39-41-43-45-47-55(58)64-54(52-63-65(59,60)62-50-53(57)49-56)51-61-48-46-44-42-40-38-36-34-32-30-28-24-22-20-18-16-14-12-10-8-6-4-2/h5,7,11,13,17,19,23,25,53-54,56-57H,3-4,6,8-10,12,14-16,18,20-22,24,26-52H2,1-2H3,(H,59,60)/b7-5-,13-11-,19-17-,25-23-. The molecule has 0 bridgehead atoms. The van der Waals surface area contributed by atoms with E-state index in [-0.39, 0.29) is 25.6 Å². The fourth-order valence-electron chi connectivity index (χ4n) is 7.70. The number of allylic oxidation sites excluding steroid dienone is 8. The lowest BCUT2D eigenvalue weighted by molar-refractivity contribution is -0.154. The summed E-state index contributed by atoms with van der Waals surface area (Å²) in [5.74, 6) is -0.383. The predicted octanol–water partition coefficient (Wildman–Crippen LogP) is 16.1. The van der Waals surface area contributed by atoms with Crippen LogP contribution in [-0.4, -0.2) is 66.3 Å². The molecule has 0 fully saturated rings. The average molecular weight is 939 g/mol. The summed E-state index contributed by atoms with van der Waals surface area (Å²) in [4.78, 5) is 22.7. The van der Waals surface area contributed by atoms with Gasteiger partial charge in [0.15, 0.2) is 0 Å². The summed E-state index contributed by atoms with van der Waals surface area (Å²) in [7, 11) is -4.53. The number of hydrogen-bond donors (Lipinski definition) is 3. The molecule has 382 valence electrons. The second kappa shape index (κ2) is 51.8. The van der Waals surface area contributed by atoms with Gasteiger partial charge in [-0.25, -0.2) is 4.57 Å². The van der Waals surface area contributed by atoms with Crippen LogP contribution in [0.1, 0.15) is 251 Å². The highest BCUT2D eigenvalue weighted by Gasteiger charge is 2.26. The van der Waals surface area contributed by atoms with Crippen LogP contribution in [0.4, 0.5) is 0 Å². The minimum Gasteiger partial charge on any atom is -0.457 e. The van der Waals surface area contributed by atoms with Crippen LogP contribution in [0.3, 0.4) is 0 Å². The molecule has 3 atom stereocenters. The number of esters is 1. The Morgan fingerprint density at radius 1 is 0.492 bits per heavy atom. The molecule has 65 heavy (non-hydrogen) atoms. The first-order valence-corrected chi connectivity index (χ1v) is 28.6. The fraction of sp³-hybridized carbons (Fsp3) is 0.836. The molecule has 0 aliphatic heterocycles. The largest absolute Gasteiger partial charge is 0.472 e. The third kappa shape index (κ3) is 51.7. The first-order chi connectivity index (χ1) is 31.8. The van der Waals surface area contributed by atoms with Crippen LogP contribution in [0.5, 0.6) is 0 Å². The van der Waals surface area contributed by atoms with Gasteiger partial charge in [0.05, 0.1) is 26.4 Å². The van der Waals surface area contributed by atoms with Gasteiger partial charge in [-0.15, -0.1) is 0 Å². The van der Waals surface area contributed by atoms with Gasteiger partial charge in [0, 0.05) is 13.0 Å². The molecule has 0 aromatic carbocycles. The number of unbranched alkanes of at least 4 members (excludes halogenated alkanes) is 30. The van der Waals surface area contributed by atoms with E-state index in [1.165, 1.54) is 161 Å². The van der Waals surface area contributed by atoms with Crippen molar-refractivity contribution in [3.05, 3.63) is 48.6 Å². The molecule has 10 heteroatoms. The Balaban J connectivity index is 4.03. The van der Waals surface area contributed by atoms with E-state index in [0.717, 1.165) is 70.6 Å².